The van der Waals surface area contributed by atoms with Crippen LogP contribution in [0.3, 0.4) is 0 Å². The van der Waals surface area contributed by atoms with Gasteiger partial charge in [0.2, 0.25) is 5.91 Å². The molecular formula is C27H40Cl2N6O3. The van der Waals surface area contributed by atoms with Crippen LogP contribution in [0.15, 0.2) is 42.5 Å². The van der Waals surface area contributed by atoms with E-state index in [0.717, 1.165) is 5.56 Å². The molecule has 2 aromatic carbocycles. The SMILES string of the molecule is CNC(=O)c1ccc(C)c(NCC(=O)N(CCNC(C)C)CC(=O)N(C)N2Cc3ccccc3C2)c1.Cl.Cl. The number of amides is 3. The molecular weight excluding hydrogens is 527 g/mol. The van der Waals surface area contributed by atoms with Crippen molar-refractivity contribution in [3.05, 3.63) is 64.7 Å². The number of halogens is 2. The fourth-order valence-electron chi connectivity index (χ4n) is 4.11. The molecule has 3 N–H and O–H groups in total. The van der Waals surface area contributed by atoms with E-state index in [1.807, 2.05) is 44.0 Å². The highest BCUT2D eigenvalue weighted by Gasteiger charge is 2.27. The van der Waals surface area contributed by atoms with Gasteiger partial charge in [-0.1, -0.05) is 44.2 Å². The molecule has 2 aromatic rings. The standard InChI is InChI=1S/C27H38N6O3.2ClH/c1-19(2)29-12-13-32(18-26(35)31(5)33-16-22-8-6-7-9-23(22)17-33)25(34)15-30-24-14-21(27(36)28-4)11-10-20(24)3;;/h6-11,14,19,29-30H,12-13,15-18H2,1-5H3,(H,28,36);2*1H. The lowest BCUT2D eigenvalue weighted by atomic mass is 10.1. The van der Waals surface area contributed by atoms with Crippen molar-refractivity contribution in [1.82, 2.24) is 25.6 Å². The Bertz CT molecular complexity index is 1070. The zero-order valence-electron chi connectivity index (χ0n) is 22.7. The molecule has 0 radical (unpaired) electrons. The van der Waals surface area contributed by atoms with Crippen molar-refractivity contribution in [2.75, 3.05) is 45.6 Å². The Hall–Kier alpha value is -2.85. The van der Waals surface area contributed by atoms with E-state index in [2.05, 4.69) is 28.1 Å². The first kappa shape index (κ1) is 33.2. The molecule has 38 heavy (non-hydrogen) atoms. The van der Waals surface area contributed by atoms with Crippen LogP contribution in [0.1, 0.15) is 40.9 Å². The zero-order chi connectivity index (χ0) is 26.2. The molecule has 0 spiro atoms. The number of nitrogens with zero attached hydrogens (tertiary/aromatic N) is 3. The largest absolute Gasteiger partial charge is 0.376 e. The third-order valence-electron chi connectivity index (χ3n) is 6.38. The smallest absolute Gasteiger partial charge is 0.256 e. The molecule has 0 aromatic heterocycles. The number of rotatable bonds is 11. The number of fused-ring (bicyclic) bond motifs is 1. The topological polar surface area (TPSA) is 97.0 Å². The minimum atomic E-state index is -0.191. The summed E-state index contributed by atoms with van der Waals surface area (Å²) < 4.78 is 0. The third kappa shape index (κ3) is 8.87. The Morgan fingerprint density at radius 3 is 2.21 bits per heavy atom. The highest BCUT2D eigenvalue weighted by molar-refractivity contribution is 5.95. The number of hydrogen-bond donors (Lipinski definition) is 3. The van der Waals surface area contributed by atoms with Gasteiger partial charge >= 0.3 is 0 Å². The summed E-state index contributed by atoms with van der Waals surface area (Å²) in [5.74, 6) is -0.515. The molecule has 0 bridgehead atoms. The van der Waals surface area contributed by atoms with Gasteiger partial charge in [0.15, 0.2) is 0 Å². The maximum Gasteiger partial charge on any atom is 0.256 e. The Morgan fingerprint density at radius 2 is 1.63 bits per heavy atom. The van der Waals surface area contributed by atoms with Crippen LogP contribution in [0.4, 0.5) is 5.69 Å². The van der Waals surface area contributed by atoms with Gasteiger partial charge in [-0.3, -0.25) is 19.4 Å². The number of benzene rings is 2. The van der Waals surface area contributed by atoms with Crippen molar-refractivity contribution in [3.63, 3.8) is 0 Å². The van der Waals surface area contributed by atoms with Crippen LogP contribution in [0.25, 0.3) is 0 Å². The molecule has 0 aliphatic carbocycles. The average molecular weight is 568 g/mol. The summed E-state index contributed by atoms with van der Waals surface area (Å²) in [6, 6.07) is 13.8. The van der Waals surface area contributed by atoms with Crippen LogP contribution in [0.5, 0.6) is 0 Å². The molecule has 3 rings (SSSR count). The molecule has 3 amide bonds. The molecule has 0 atom stereocenters. The summed E-state index contributed by atoms with van der Waals surface area (Å²) in [5, 5.41) is 12.7. The second kappa shape index (κ2) is 15.5. The number of anilines is 1. The maximum absolute atomic E-state index is 13.2. The Labute approximate surface area is 238 Å². The monoisotopic (exact) mass is 566 g/mol. The molecule has 9 nitrogen and oxygen atoms in total. The van der Waals surface area contributed by atoms with Crippen LogP contribution in [0.2, 0.25) is 0 Å². The third-order valence-corrected chi connectivity index (χ3v) is 6.38. The fraction of sp³-hybridized carbons (Fsp3) is 0.444. The van der Waals surface area contributed by atoms with E-state index in [-0.39, 0.29) is 61.7 Å². The molecule has 0 saturated heterocycles. The van der Waals surface area contributed by atoms with Crippen molar-refractivity contribution in [2.24, 2.45) is 0 Å². The van der Waals surface area contributed by atoms with Crippen LogP contribution >= 0.6 is 24.8 Å². The van der Waals surface area contributed by atoms with Gasteiger partial charge in [-0.15, -0.1) is 24.8 Å². The lowest BCUT2D eigenvalue weighted by Crippen LogP contribution is -2.49. The van der Waals surface area contributed by atoms with Crippen molar-refractivity contribution in [3.8, 4) is 0 Å². The summed E-state index contributed by atoms with van der Waals surface area (Å²) in [4.78, 5) is 40.0. The van der Waals surface area contributed by atoms with Crippen molar-refractivity contribution in [1.29, 1.82) is 0 Å². The number of carbonyl (C=O) groups excluding carboxylic acids is 3. The quantitative estimate of drug-likeness (QED) is 0.387. The average Bonchev–Trinajstić information content (AvgIpc) is 3.30. The van der Waals surface area contributed by atoms with Crippen LogP contribution in [0, 0.1) is 6.92 Å². The van der Waals surface area contributed by atoms with Gasteiger partial charge < -0.3 is 20.9 Å². The summed E-state index contributed by atoms with van der Waals surface area (Å²) in [7, 11) is 3.34. The lowest BCUT2D eigenvalue weighted by molar-refractivity contribution is -0.151. The summed E-state index contributed by atoms with van der Waals surface area (Å²) in [6.45, 7) is 8.34. The highest BCUT2D eigenvalue weighted by atomic mass is 35.5. The van der Waals surface area contributed by atoms with Gasteiger partial charge in [0.05, 0.1) is 6.54 Å². The van der Waals surface area contributed by atoms with Crippen molar-refractivity contribution >= 4 is 48.2 Å². The van der Waals surface area contributed by atoms with Crippen molar-refractivity contribution < 1.29 is 14.4 Å². The van der Waals surface area contributed by atoms with Gasteiger partial charge in [0.25, 0.3) is 11.8 Å². The molecule has 0 unspecified atom stereocenters. The summed E-state index contributed by atoms with van der Waals surface area (Å²) in [5.41, 5.74) is 4.57. The fourth-order valence-corrected chi connectivity index (χ4v) is 4.11. The predicted octanol–water partition coefficient (Wildman–Crippen LogP) is 2.83. The number of nitrogens with one attached hydrogen (secondary N) is 3. The van der Waals surface area contributed by atoms with Gasteiger partial charge in [0, 0.05) is 57.6 Å². The van der Waals surface area contributed by atoms with Crippen LogP contribution < -0.4 is 16.0 Å². The first-order chi connectivity index (χ1) is 17.2. The van der Waals surface area contributed by atoms with Gasteiger partial charge in [-0.2, -0.15) is 0 Å². The van der Waals surface area contributed by atoms with Gasteiger partial charge in [0.1, 0.15) is 6.54 Å². The van der Waals surface area contributed by atoms with E-state index in [0.29, 0.717) is 37.4 Å². The van der Waals surface area contributed by atoms with Crippen molar-refractivity contribution in [2.45, 2.75) is 39.9 Å². The molecule has 1 aliphatic heterocycles. The predicted molar refractivity (Wildman–Crippen MR) is 156 cm³/mol. The molecule has 0 fully saturated rings. The lowest BCUT2D eigenvalue weighted by Gasteiger charge is -2.31. The number of aryl methyl sites for hydroxylation is 1. The van der Waals surface area contributed by atoms with Gasteiger partial charge in [-0.25, -0.2) is 5.01 Å². The Balaban J connectivity index is 0.00000361. The van der Waals surface area contributed by atoms with E-state index in [1.54, 1.807) is 36.1 Å². The van der Waals surface area contributed by atoms with E-state index in [4.69, 9.17) is 0 Å². The molecule has 1 aliphatic rings. The maximum atomic E-state index is 13.2. The Morgan fingerprint density at radius 1 is 1.00 bits per heavy atom. The summed E-state index contributed by atoms with van der Waals surface area (Å²) >= 11 is 0. The van der Waals surface area contributed by atoms with Gasteiger partial charge in [-0.05, 0) is 35.7 Å². The molecule has 1 heterocycles. The van der Waals surface area contributed by atoms with E-state index in [1.165, 1.54) is 11.1 Å². The first-order valence-electron chi connectivity index (χ1n) is 12.4. The molecule has 210 valence electrons. The van der Waals surface area contributed by atoms with E-state index >= 15 is 0 Å². The zero-order valence-corrected chi connectivity index (χ0v) is 24.4. The second-order valence-corrected chi connectivity index (χ2v) is 9.40. The summed E-state index contributed by atoms with van der Waals surface area (Å²) in [6.07, 6.45) is 0. The number of likely N-dealkylation sites (N-methyl/N-ethyl adjacent to an activating group) is 1. The minimum absolute atomic E-state index is 0. The second-order valence-electron chi connectivity index (χ2n) is 9.40. The highest BCUT2D eigenvalue weighted by Crippen LogP contribution is 2.23. The number of hydrogen-bond acceptors (Lipinski definition) is 6. The van der Waals surface area contributed by atoms with Crippen LogP contribution in [-0.2, 0) is 22.7 Å². The molecule has 11 heteroatoms. The molecule has 0 saturated carbocycles. The minimum Gasteiger partial charge on any atom is -0.376 e. The normalized spacial score (nSPS) is 12.2. The first-order valence-corrected chi connectivity index (χ1v) is 12.4. The van der Waals surface area contributed by atoms with E-state index in [9.17, 15) is 14.4 Å². The van der Waals surface area contributed by atoms with Crippen LogP contribution in [-0.4, -0.2) is 79.0 Å². The Kier molecular flexibility index (Phi) is 13.6. The number of hydrazine groups is 1. The van der Waals surface area contributed by atoms with E-state index < -0.39 is 0 Å². The number of carbonyl (C=O) groups is 3.